The van der Waals surface area contributed by atoms with Crippen molar-refractivity contribution in [3.05, 3.63) is 24.0 Å². The van der Waals surface area contributed by atoms with E-state index in [9.17, 15) is 19.2 Å². The zero-order chi connectivity index (χ0) is 20.9. The lowest BCUT2D eigenvalue weighted by atomic mass is 9.98. The normalized spacial score (nSPS) is 19.6. The summed E-state index contributed by atoms with van der Waals surface area (Å²) in [4.78, 5) is 55.1. The van der Waals surface area contributed by atoms with Gasteiger partial charge in [0, 0.05) is 19.0 Å². The summed E-state index contributed by atoms with van der Waals surface area (Å²) in [6.07, 6.45) is 0.495. The van der Waals surface area contributed by atoms with Gasteiger partial charge in [0.25, 0.3) is 5.91 Å². The number of imide groups is 1. The molecule has 0 radical (unpaired) electrons. The number of nitrogens with one attached hydrogen (secondary N) is 1. The van der Waals surface area contributed by atoms with Crippen molar-refractivity contribution in [3.8, 4) is 0 Å². The number of amides is 4. The molecule has 4 amide bonds. The van der Waals surface area contributed by atoms with Crippen LogP contribution in [0.1, 0.15) is 39.0 Å². The lowest BCUT2D eigenvalue weighted by molar-refractivity contribution is -0.158. The van der Waals surface area contributed by atoms with Gasteiger partial charge in [-0.3, -0.25) is 19.3 Å². The molecule has 4 rings (SSSR count). The van der Waals surface area contributed by atoms with E-state index in [-0.39, 0.29) is 11.7 Å². The number of nitrogens with zero attached hydrogens (tertiary/aromatic N) is 3. The van der Waals surface area contributed by atoms with Crippen LogP contribution in [0, 0.1) is 5.41 Å². The number of ether oxygens (including phenoxy) is 1. The Labute approximate surface area is 165 Å². The first-order valence-corrected chi connectivity index (χ1v) is 9.15. The molecule has 2 aliphatic rings. The number of hydrogen-bond donors (Lipinski definition) is 1. The van der Waals surface area contributed by atoms with Crippen LogP contribution in [0.3, 0.4) is 0 Å². The topological polar surface area (TPSA) is 122 Å². The highest BCUT2D eigenvalue weighted by Crippen LogP contribution is 2.30. The number of β-lactam (4-membered cyclic amide) rings is 1. The number of carbonyl (C=O) groups excluding carboxylic acids is 4. The Balaban J connectivity index is 1.51. The summed E-state index contributed by atoms with van der Waals surface area (Å²) in [5, 5.41) is 2.52. The summed E-state index contributed by atoms with van der Waals surface area (Å²) in [7, 11) is 0. The Hall–Kier alpha value is -3.43. The van der Waals surface area contributed by atoms with Crippen LogP contribution in [-0.2, 0) is 19.1 Å². The molecule has 0 bridgehead atoms. The minimum Gasteiger partial charge on any atom is -0.457 e. The summed E-state index contributed by atoms with van der Waals surface area (Å²) in [5.74, 6) is -0.392. The number of hydrogen-bond acceptors (Lipinski definition) is 7. The third kappa shape index (κ3) is 3.30. The first-order valence-electron chi connectivity index (χ1n) is 9.15. The molecule has 0 spiro atoms. The molecule has 4 heterocycles. The molecule has 2 aromatic heterocycles. The molecule has 1 N–H and O–H groups in total. The molecule has 2 saturated heterocycles. The molecule has 2 aromatic rings. The predicted molar refractivity (Wildman–Crippen MR) is 99.5 cm³/mol. The number of esters is 1. The highest BCUT2D eigenvalue weighted by molar-refractivity contribution is 6.04. The monoisotopic (exact) mass is 400 g/mol. The van der Waals surface area contributed by atoms with Gasteiger partial charge >= 0.3 is 12.0 Å². The maximum absolute atomic E-state index is 12.6. The second-order valence-corrected chi connectivity index (χ2v) is 7.96. The van der Waals surface area contributed by atoms with E-state index in [0.717, 1.165) is 4.90 Å². The third-order valence-corrected chi connectivity index (χ3v) is 4.75. The van der Waals surface area contributed by atoms with Crippen LogP contribution in [0.4, 0.5) is 10.6 Å². The van der Waals surface area contributed by atoms with Gasteiger partial charge in [-0.2, -0.15) is 0 Å². The molecule has 0 unspecified atom stereocenters. The number of pyridine rings is 1. The zero-order valence-corrected chi connectivity index (χ0v) is 16.2. The van der Waals surface area contributed by atoms with Crippen molar-refractivity contribution in [1.82, 2.24) is 15.2 Å². The molecule has 29 heavy (non-hydrogen) atoms. The van der Waals surface area contributed by atoms with Gasteiger partial charge in [0.1, 0.15) is 17.1 Å². The summed E-state index contributed by atoms with van der Waals surface area (Å²) in [6, 6.07) is 3.16. The van der Waals surface area contributed by atoms with Crippen molar-refractivity contribution >= 4 is 40.7 Å². The third-order valence-electron chi connectivity index (χ3n) is 4.75. The van der Waals surface area contributed by atoms with Crippen molar-refractivity contribution in [1.29, 1.82) is 0 Å². The second kappa shape index (κ2) is 6.57. The SMILES string of the molecule is CC(C)(C)C(=O)OCN1C(=O)N[C@@H](c2cc3nc(N4CCC4=O)ccc3o2)C1=O. The molecule has 0 aliphatic carbocycles. The van der Waals surface area contributed by atoms with E-state index in [4.69, 9.17) is 9.15 Å². The van der Waals surface area contributed by atoms with Crippen molar-refractivity contribution in [2.45, 2.75) is 33.2 Å². The van der Waals surface area contributed by atoms with Gasteiger partial charge in [-0.05, 0) is 32.9 Å². The zero-order valence-electron chi connectivity index (χ0n) is 16.2. The van der Waals surface area contributed by atoms with Gasteiger partial charge in [0.15, 0.2) is 18.4 Å². The number of anilines is 1. The summed E-state index contributed by atoms with van der Waals surface area (Å²) < 4.78 is 10.7. The molecule has 0 saturated carbocycles. The summed E-state index contributed by atoms with van der Waals surface area (Å²) >= 11 is 0. The van der Waals surface area contributed by atoms with Crippen molar-refractivity contribution in [3.63, 3.8) is 0 Å². The predicted octanol–water partition coefficient (Wildman–Crippen LogP) is 1.70. The molecule has 10 heteroatoms. The van der Waals surface area contributed by atoms with Crippen LogP contribution in [0.2, 0.25) is 0 Å². The van der Waals surface area contributed by atoms with Crippen molar-refractivity contribution in [2.24, 2.45) is 5.41 Å². The van der Waals surface area contributed by atoms with Crippen LogP contribution in [0.25, 0.3) is 11.1 Å². The van der Waals surface area contributed by atoms with E-state index in [1.807, 2.05) is 0 Å². The fraction of sp³-hybridized carbons (Fsp3) is 0.421. The Morgan fingerprint density at radius 3 is 2.69 bits per heavy atom. The number of urea groups is 1. The van der Waals surface area contributed by atoms with E-state index in [1.54, 1.807) is 43.9 Å². The first kappa shape index (κ1) is 18.9. The summed E-state index contributed by atoms with van der Waals surface area (Å²) in [5.41, 5.74) is 0.145. The number of carbonyl (C=O) groups is 4. The molecule has 152 valence electrons. The maximum atomic E-state index is 12.6. The van der Waals surface area contributed by atoms with E-state index in [0.29, 0.717) is 29.9 Å². The molecule has 10 nitrogen and oxygen atoms in total. The van der Waals surface area contributed by atoms with Crippen molar-refractivity contribution in [2.75, 3.05) is 18.2 Å². The minimum absolute atomic E-state index is 0.000696. The smallest absolute Gasteiger partial charge is 0.327 e. The number of rotatable bonds is 4. The van der Waals surface area contributed by atoms with Gasteiger partial charge in [0.05, 0.1) is 5.41 Å². The summed E-state index contributed by atoms with van der Waals surface area (Å²) in [6.45, 7) is 5.16. The Bertz CT molecular complexity index is 1040. The lowest BCUT2D eigenvalue weighted by Crippen LogP contribution is -2.43. The molecule has 2 aliphatic heterocycles. The minimum atomic E-state index is -1.04. The molecule has 2 fully saturated rings. The maximum Gasteiger partial charge on any atom is 0.327 e. The first-order chi connectivity index (χ1) is 13.6. The van der Waals surface area contributed by atoms with Gasteiger partial charge in [-0.15, -0.1) is 0 Å². The molecular weight excluding hydrogens is 380 g/mol. The average molecular weight is 400 g/mol. The lowest BCUT2D eigenvalue weighted by Gasteiger charge is -2.29. The van der Waals surface area contributed by atoms with E-state index >= 15 is 0 Å². The highest BCUT2D eigenvalue weighted by atomic mass is 16.5. The van der Waals surface area contributed by atoms with Crippen molar-refractivity contribution < 1.29 is 28.3 Å². The second-order valence-electron chi connectivity index (χ2n) is 7.96. The molecule has 0 aromatic carbocycles. The van der Waals surface area contributed by atoms with Gasteiger partial charge < -0.3 is 14.5 Å². The standard InChI is InChI=1S/C19H20N4O6/c1-19(2,3)17(26)28-9-23-16(25)15(21-18(23)27)12-8-10-11(29-12)4-5-13(20-10)22-7-6-14(22)24/h4-5,8,15H,6-7,9H2,1-3H3,(H,21,27)/t15-/m0/s1. The molecular formula is C19H20N4O6. The van der Waals surface area contributed by atoms with Crippen LogP contribution in [-0.4, -0.2) is 47.0 Å². The van der Waals surface area contributed by atoms with Crippen LogP contribution < -0.4 is 10.2 Å². The van der Waals surface area contributed by atoms with E-state index in [2.05, 4.69) is 10.3 Å². The van der Waals surface area contributed by atoms with Gasteiger partial charge in [0.2, 0.25) is 5.91 Å². The Morgan fingerprint density at radius 2 is 2.07 bits per heavy atom. The van der Waals surface area contributed by atoms with Gasteiger partial charge in [-0.1, -0.05) is 0 Å². The van der Waals surface area contributed by atoms with E-state index in [1.165, 1.54) is 0 Å². The fourth-order valence-corrected chi connectivity index (χ4v) is 2.96. The number of fused-ring (bicyclic) bond motifs is 1. The average Bonchev–Trinajstić information content (AvgIpc) is 3.18. The molecule has 1 atom stereocenters. The van der Waals surface area contributed by atoms with Gasteiger partial charge in [-0.25, -0.2) is 14.7 Å². The highest BCUT2D eigenvalue weighted by Gasteiger charge is 2.42. The fourth-order valence-electron chi connectivity index (χ4n) is 2.96. The quantitative estimate of drug-likeness (QED) is 0.471. The Morgan fingerprint density at radius 1 is 1.31 bits per heavy atom. The largest absolute Gasteiger partial charge is 0.457 e. The Kier molecular flexibility index (Phi) is 4.29. The number of furan rings is 1. The number of aromatic nitrogens is 1. The van der Waals surface area contributed by atoms with Crippen LogP contribution >= 0.6 is 0 Å². The van der Waals surface area contributed by atoms with E-state index < -0.39 is 36.1 Å². The van der Waals surface area contributed by atoms with Crippen LogP contribution in [0.5, 0.6) is 0 Å². The van der Waals surface area contributed by atoms with Crippen LogP contribution in [0.15, 0.2) is 22.6 Å².